The summed E-state index contributed by atoms with van der Waals surface area (Å²) in [6.45, 7) is 0. The van der Waals surface area contributed by atoms with Crippen molar-refractivity contribution in [3.8, 4) is 34.8 Å². The zero-order valence-electron chi connectivity index (χ0n) is 12.1. The summed E-state index contributed by atoms with van der Waals surface area (Å²) in [5.41, 5.74) is 1.46. The van der Waals surface area contributed by atoms with Crippen LogP contribution in [-0.4, -0.2) is 26.4 Å². The average molecular weight is 284 g/mol. The Hall–Kier alpha value is -2.80. The maximum absolute atomic E-state index is 9.42. The number of aromatic hydroxyl groups is 1. The lowest BCUT2D eigenvalue weighted by molar-refractivity contribution is 0.324. The van der Waals surface area contributed by atoms with Crippen molar-refractivity contribution in [2.75, 3.05) is 21.3 Å². The van der Waals surface area contributed by atoms with E-state index in [0.29, 0.717) is 17.2 Å². The molecule has 0 bridgehead atoms. The fourth-order valence-corrected chi connectivity index (χ4v) is 1.88. The molecular formula is C17H16O4. The average Bonchev–Trinajstić information content (AvgIpc) is 2.51. The third-order valence-electron chi connectivity index (χ3n) is 2.86. The molecule has 0 atom stereocenters. The molecule has 0 amide bonds. The lowest BCUT2D eigenvalue weighted by Crippen LogP contribution is -1.95. The normalized spacial score (nSPS) is 9.48. The molecule has 0 aliphatic carbocycles. The molecule has 0 saturated heterocycles. The largest absolute Gasteiger partial charge is 0.508 e. The van der Waals surface area contributed by atoms with Crippen LogP contribution in [0.25, 0.3) is 0 Å². The van der Waals surface area contributed by atoms with E-state index in [4.69, 9.17) is 14.2 Å². The summed E-state index contributed by atoms with van der Waals surface area (Å²) >= 11 is 0. The fourth-order valence-electron chi connectivity index (χ4n) is 1.88. The van der Waals surface area contributed by atoms with Crippen molar-refractivity contribution in [2.45, 2.75) is 0 Å². The first-order chi connectivity index (χ1) is 10.2. The molecular weight excluding hydrogens is 268 g/mol. The first-order valence-electron chi connectivity index (χ1n) is 6.29. The van der Waals surface area contributed by atoms with Gasteiger partial charge in [-0.1, -0.05) is 17.9 Å². The summed E-state index contributed by atoms with van der Waals surface area (Å²) in [5.74, 6) is 7.82. The summed E-state index contributed by atoms with van der Waals surface area (Å²) in [4.78, 5) is 0. The lowest BCUT2D eigenvalue weighted by atomic mass is 10.1. The van der Waals surface area contributed by atoms with Crippen molar-refractivity contribution in [3.63, 3.8) is 0 Å². The number of hydrogen-bond acceptors (Lipinski definition) is 4. The Morgan fingerprint density at radius 3 is 1.95 bits per heavy atom. The predicted octanol–water partition coefficient (Wildman–Crippen LogP) is 2.82. The third kappa shape index (κ3) is 3.40. The van der Waals surface area contributed by atoms with Crippen LogP contribution in [0.3, 0.4) is 0 Å². The van der Waals surface area contributed by atoms with Crippen molar-refractivity contribution in [2.24, 2.45) is 0 Å². The van der Waals surface area contributed by atoms with Gasteiger partial charge in [0.2, 0.25) is 5.75 Å². The Bertz CT molecular complexity index is 670. The summed E-state index contributed by atoms with van der Waals surface area (Å²) in [6.07, 6.45) is 0. The van der Waals surface area contributed by atoms with E-state index in [1.165, 1.54) is 0 Å². The summed E-state index contributed by atoms with van der Waals surface area (Å²) in [6, 6.07) is 10.3. The first kappa shape index (κ1) is 14.6. The van der Waals surface area contributed by atoms with Gasteiger partial charge >= 0.3 is 0 Å². The topological polar surface area (TPSA) is 47.9 Å². The molecule has 21 heavy (non-hydrogen) atoms. The van der Waals surface area contributed by atoms with Gasteiger partial charge in [0.25, 0.3) is 0 Å². The van der Waals surface area contributed by atoms with Crippen molar-refractivity contribution in [3.05, 3.63) is 47.5 Å². The van der Waals surface area contributed by atoms with E-state index in [9.17, 15) is 5.11 Å². The number of hydrogen-bond donors (Lipinski definition) is 1. The summed E-state index contributed by atoms with van der Waals surface area (Å²) in [5, 5.41) is 9.42. The van der Waals surface area contributed by atoms with Crippen LogP contribution in [-0.2, 0) is 0 Å². The van der Waals surface area contributed by atoms with Gasteiger partial charge in [-0.15, -0.1) is 0 Å². The molecule has 0 saturated carbocycles. The number of rotatable bonds is 3. The maximum atomic E-state index is 9.42. The van der Waals surface area contributed by atoms with Gasteiger partial charge in [-0.25, -0.2) is 0 Å². The van der Waals surface area contributed by atoms with Crippen LogP contribution in [0.5, 0.6) is 23.0 Å². The zero-order valence-corrected chi connectivity index (χ0v) is 12.1. The van der Waals surface area contributed by atoms with Gasteiger partial charge in [0.05, 0.1) is 21.3 Å². The summed E-state index contributed by atoms with van der Waals surface area (Å²) < 4.78 is 15.8. The SMILES string of the molecule is COc1cc(C#Cc2cccc(O)c2)cc(OC)c1OC. The smallest absolute Gasteiger partial charge is 0.203 e. The minimum atomic E-state index is 0.187. The third-order valence-corrected chi connectivity index (χ3v) is 2.86. The highest BCUT2D eigenvalue weighted by Crippen LogP contribution is 2.37. The minimum Gasteiger partial charge on any atom is -0.508 e. The van der Waals surface area contributed by atoms with E-state index in [0.717, 1.165) is 11.1 Å². The van der Waals surface area contributed by atoms with Gasteiger partial charge in [0.1, 0.15) is 5.75 Å². The van der Waals surface area contributed by atoms with E-state index < -0.39 is 0 Å². The Kier molecular flexibility index (Phi) is 4.57. The molecule has 0 aliphatic heterocycles. The van der Waals surface area contributed by atoms with Gasteiger partial charge in [-0.2, -0.15) is 0 Å². The first-order valence-corrected chi connectivity index (χ1v) is 6.29. The molecule has 0 spiro atoms. The molecule has 0 heterocycles. The monoisotopic (exact) mass is 284 g/mol. The van der Waals surface area contributed by atoms with E-state index in [1.807, 2.05) is 6.07 Å². The lowest BCUT2D eigenvalue weighted by Gasteiger charge is -2.12. The van der Waals surface area contributed by atoms with Gasteiger partial charge in [0.15, 0.2) is 11.5 Å². The van der Waals surface area contributed by atoms with Gasteiger partial charge in [-0.05, 0) is 30.3 Å². The van der Waals surface area contributed by atoms with Crippen LogP contribution in [0.4, 0.5) is 0 Å². The molecule has 4 heteroatoms. The number of benzene rings is 2. The van der Waals surface area contributed by atoms with Gasteiger partial charge < -0.3 is 19.3 Å². The maximum Gasteiger partial charge on any atom is 0.203 e. The Morgan fingerprint density at radius 2 is 1.43 bits per heavy atom. The van der Waals surface area contributed by atoms with Gasteiger partial charge in [-0.3, -0.25) is 0 Å². The molecule has 0 radical (unpaired) electrons. The van der Waals surface area contributed by atoms with Crippen LogP contribution in [0.15, 0.2) is 36.4 Å². The Labute approximate surface area is 123 Å². The van der Waals surface area contributed by atoms with Crippen molar-refractivity contribution in [1.29, 1.82) is 0 Å². The molecule has 0 aromatic heterocycles. The Balaban J connectivity index is 2.42. The molecule has 0 fully saturated rings. The fraction of sp³-hybridized carbons (Fsp3) is 0.176. The zero-order chi connectivity index (χ0) is 15.2. The summed E-state index contributed by atoms with van der Waals surface area (Å²) in [7, 11) is 4.67. The number of ether oxygens (including phenoxy) is 3. The van der Waals surface area contributed by atoms with Crippen LogP contribution >= 0.6 is 0 Å². The highest BCUT2D eigenvalue weighted by molar-refractivity contribution is 5.58. The number of methoxy groups -OCH3 is 3. The van der Waals surface area contributed by atoms with Gasteiger partial charge in [0, 0.05) is 11.1 Å². The molecule has 1 N–H and O–H groups in total. The standard InChI is InChI=1S/C17H16O4/c1-19-15-10-13(11-16(20-2)17(15)21-3)8-7-12-5-4-6-14(18)9-12/h4-6,9-11,18H,1-3H3. The molecule has 0 unspecified atom stereocenters. The van der Waals surface area contributed by atoms with Crippen molar-refractivity contribution < 1.29 is 19.3 Å². The van der Waals surface area contributed by atoms with E-state index in [-0.39, 0.29) is 5.75 Å². The van der Waals surface area contributed by atoms with Crippen LogP contribution < -0.4 is 14.2 Å². The minimum absolute atomic E-state index is 0.187. The molecule has 2 aromatic rings. The van der Waals surface area contributed by atoms with Crippen LogP contribution in [0.1, 0.15) is 11.1 Å². The number of phenols is 1. The van der Waals surface area contributed by atoms with E-state index in [1.54, 1.807) is 51.7 Å². The second-order valence-corrected chi connectivity index (χ2v) is 4.21. The van der Waals surface area contributed by atoms with Crippen LogP contribution in [0.2, 0.25) is 0 Å². The molecule has 4 nitrogen and oxygen atoms in total. The predicted molar refractivity (Wildman–Crippen MR) is 80.2 cm³/mol. The second kappa shape index (κ2) is 6.58. The number of phenolic OH excluding ortho intramolecular Hbond substituents is 1. The van der Waals surface area contributed by atoms with Crippen LogP contribution in [0, 0.1) is 11.8 Å². The van der Waals surface area contributed by atoms with Crippen molar-refractivity contribution in [1.82, 2.24) is 0 Å². The van der Waals surface area contributed by atoms with Crippen molar-refractivity contribution >= 4 is 0 Å². The van der Waals surface area contributed by atoms with E-state index in [2.05, 4.69) is 11.8 Å². The molecule has 2 rings (SSSR count). The second-order valence-electron chi connectivity index (χ2n) is 4.21. The molecule has 0 aliphatic rings. The quantitative estimate of drug-likeness (QED) is 0.880. The molecule has 108 valence electrons. The highest BCUT2D eigenvalue weighted by atomic mass is 16.5. The highest BCUT2D eigenvalue weighted by Gasteiger charge is 2.12. The van der Waals surface area contributed by atoms with E-state index >= 15 is 0 Å². The molecule has 2 aromatic carbocycles. The Morgan fingerprint density at radius 1 is 0.810 bits per heavy atom.